The van der Waals surface area contributed by atoms with Crippen LogP contribution in [-0.4, -0.2) is 59.3 Å². The van der Waals surface area contributed by atoms with Crippen molar-refractivity contribution in [2.24, 2.45) is 0 Å². The van der Waals surface area contributed by atoms with E-state index in [1.165, 1.54) is 6.92 Å². The van der Waals surface area contributed by atoms with E-state index in [1.807, 2.05) is 6.07 Å². The summed E-state index contributed by atoms with van der Waals surface area (Å²) >= 11 is 0. The molecular weight excluding hydrogens is 426 g/mol. The fraction of sp³-hybridized carbons (Fsp3) is 0.304. The molecule has 0 spiro atoms. The quantitative estimate of drug-likeness (QED) is 0.490. The van der Waals surface area contributed by atoms with E-state index in [2.05, 4.69) is 25.9 Å². The number of amides is 2. The number of hydrogen-bond acceptors (Lipinski definition) is 8. The lowest BCUT2D eigenvalue weighted by atomic mass is 10.1. The van der Waals surface area contributed by atoms with Crippen LogP contribution in [0.25, 0.3) is 11.5 Å². The smallest absolute Gasteiger partial charge is 0.319 e. The fourth-order valence-electron chi connectivity index (χ4n) is 4.03. The lowest BCUT2D eigenvalue weighted by Gasteiger charge is -2.18. The van der Waals surface area contributed by atoms with Crippen molar-refractivity contribution in [3.05, 3.63) is 60.5 Å². The van der Waals surface area contributed by atoms with E-state index in [0.29, 0.717) is 41.9 Å². The van der Waals surface area contributed by atoms with Gasteiger partial charge < -0.3 is 29.8 Å². The van der Waals surface area contributed by atoms with Crippen LogP contribution in [0.1, 0.15) is 17.3 Å². The Kier molecular flexibility index (Phi) is 5.76. The number of anilines is 2. The lowest BCUT2D eigenvalue weighted by molar-refractivity contribution is 0.0683. The van der Waals surface area contributed by atoms with Gasteiger partial charge >= 0.3 is 6.03 Å². The third kappa shape index (κ3) is 4.57. The molecular formula is C23H23N5O5. The maximum Gasteiger partial charge on any atom is 0.319 e. The van der Waals surface area contributed by atoms with Crippen molar-refractivity contribution in [2.45, 2.75) is 31.2 Å². The van der Waals surface area contributed by atoms with E-state index < -0.39 is 0 Å². The number of rotatable bonds is 6. The molecule has 0 bridgehead atoms. The number of carbonyl (C=O) groups excluding carboxylic acids is 2. The normalized spacial score (nSPS) is 23.7. The molecule has 1 aromatic carbocycles. The van der Waals surface area contributed by atoms with Gasteiger partial charge in [-0.1, -0.05) is 0 Å². The number of hydrogen-bond donors (Lipinski definition) is 3. The summed E-state index contributed by atoms with van der Waals surface area (Å²) in [5.41, 5.74) is 1.85. The number of ketones is 1. The van der Waals surface area contributed by atoms with Crippen LogP contribution < -0.4 is 16.0 Å². The van der Waals surface area contributed by atoms with Gasteiger partial charge in [0.15, 0.2) is 11.5 Å². The van der Waals surface area contributed by atoms with Gasteiger partial charge in [-0.05, 0) is 49.4 Å². The lowest BCUT2D eigenvalue weighted by Crippen LogP contribution is -2.46. The number of ether oxygens (including phenoxy) is 2. The molecule has 0 saturated carbocycles. The highest BCUT2D eigenvalue weighted by Gasteiger charge is 2.48. The number of nitrogens with zero attached hydrogens (tertiary/aromatic N) is 2. The number of furan rings is 1. The summed E-state index contributed by atoms with van der Waals surface area (Å²) in [6.07, 6.45) is 2.72. The Bertz CT molecular complexity index is 1130. The number of carbonyl (C=O) groups is 2. The molecule has 4 heterocycles. The van der Waals surface area contributed by atoms with Crippen molar-refractivity contribution >= 4 is 23.5 Å². The third-order valence-corrected chi connectivity index (χ3v) is 5.66. The molecule has 2 amide bonds. The maximum absolute atomic E-state index is 12.5. The predicted octanol–water partition coefficient (Wildman–Crippen LogP) is 2.71. The summed E-state index contributed by atoms with van der Waals surface area (Å²) in [4.78, 5) is 32.6. The molecule has 2 aromatic heterocycles. The summed E-state index contributed by atoms with van der Waals surface area (Å²) in [6, 6.07) is 11.3. The molecule has 2 aliphatic rings. The van der Waals surface area contributed by atoms with E-state index in [1.54, 1.807) is 48.9 Å². The molecule has 170 valence electrons. The predicted molar refractivity (Wildman–Crippen MR) is 119 cm³/mol. The topological polar surface area (TPSA) is 128 Å². The number of fused-ring (bicyclic) bond motifs is 1. The van der Waals surface area contributed by atoms with E-state index in [-0.39, 0.29) is 36.1 Å². The van der Waals surface area contributed by atoms with Crippen LogP contribution in [0.15, 0.2) is 59.3 Å². The molecule has 4 atom stereocenters. The summed E-state index contributed by atoms with van der Waals surface area (Å²) < 4.78 is 17.3. The number of Topliss-reactive ketones (excluding diaryl/α,β-unsaturated/α-hetero) is 1. The Balaban J connectivity index is 1.17. The first kappa shape index (κ1) is 21.1. The number of benzene rings is 1. The van der Waals surface area contributed by atoms with E-state index in [0.717, 1.165) is 0 Å². The van der Waals surface area contributed by atoms with Crippen LogP contribution in [0.2, 0.25) is 0 Å². The first-order chi connectivity index (χ1) is 16.1. The molecule has 10 heteroatoms. The zero-order chi connectivity index (χ0) is 22.8. The molecule has 5 rings (SSSR count). The standard InChI is InChI=1S/C23H23N5O5/c1-13(29)14-4-6-15(7-5-14)25-23(30)28-18-12-33-20-17(11-32-21(18)20)27-22-24-9-8-16(26-22)19-3-2-10-31-19/h2-10,17-18,20-21H,11-12H2,1H3,(H,24,26,27)(H2,25,28,30)/t17-,18-,20+,21+/m0/s1. The van der Waals surface area contributed by atoms with Gasteiger partial charge in [0.05, 0.1) is 31.6 Å². The zero-order valence-corrected chi connectivity index (χ0v) is 17.9. The molecule has 33 heavy (non-hydrogen) atoms. The monoisotopic (exact) mass is 449 g/mol. The summed E-state index contributed by atoms with van der Waals surface area (Å²) in [5.74, 6) is 1.08. The van der Waals surface area contributed by atoms with Gasteiger partial charge in [0.25, 0.3) is 0 Å². The Labute approximate surface area is 189 Å². The molecule has 3 N–H and O–H groups in total. The summed E-state index contributed by atoms with van der Waals surface area (Å²) in [7, 11) is 0. The van der Waals surface area contributed by atoms with Crippen LogP contribution in [0.4, 0.5) is 16.4 Å². The summed E-state index contributed by atoms with van der Waals surface area (Å²) in [5, 5.41) is 8.95. The van der Waals surface area contributed by atoms with E-state index >= 15 is 0 Å². The summed E-state index contributed by atoms with van der Waals surface area (Å²) in [6.45, 7) is 2.23. The van der Waals surface area contributed by atoms with Crippen molar-refractivity contribution in [1.29, 1.82) is 0 Å². The molecule has 3 aromatic rings. The highest BCUT2D eigenvalue weighted by molar-refractivity contribution is 5.95. The second-order valence-electron chi connectivity index (χ2n) is 7.93. The van der Waals surface area contributed by atoms with Gasteiger partial charge in [0, 0.05) is 17.4 Å². The zero-order valence-electron chi connectivity index (χ0n) is 17.9. The molecule has 2 fully saturated rings. The minimum absolute atomic E-state index is 0.0280. The minimum atomic E-state index is -0.366. The second-order valence-corrected chi connectivity index (χ2v) is 7.93. The Morgan fingerprint density at radius 3 is 2.48 bits per heavy atom. The average Bonchev–Trinajstić information content (AvgIpc) is 3.55. The van der Waals surface area contributed by atoms with Crippen LogP contribution in [0.3, 0.4) is 0 Å². The van der Waals surface area contributed by atoms with Crippen molar-refractivity contribution in [2.75, 3.05) is 23.8 Å². The first-order valence-electron chi connectivity index (χ1n) is 10.6. The van der Waals surface area contributed by atoms with Crippen LogP contribution in [0, 0.1) is 0 Å². The third-order valence-electron chi connectivity index (χ3n) is 5.66. The Morgan fingerprint density at radius 2 is 1.76 bits per heavy atom. The van der Waals surface area contributed by atoms with Crippen LogP contribution in [0.5, 0.6) is 0 Å². The van der Waals surface area contributed by atoms with Crippen LogP contribution >= 0.6 is 0 Å². The molecule has 0 radical (unpaired) electrons. The van der Waals surface area contributed by atoms with Crippen molar-refractivity contribution < 1.29 is 23.5 Å². The van der Waals surface area contributed by atoms with Gasteiger partial charge in [-0.3, -0.25) is 4.79 Å². The highest BCUT2D eigenvalue weighted by Crippen LogP contribution is 2.29. The van der Waals surface area contributed by atoms with Crippen LogP contribution in [-0.2, 0) is 9.47 Å². The minimum Gasteiger partial charge on any atom is -0.463 e. The van der Waals surface area contributed by atoms with Gasteiger partial charge in [0.2, 0.25) is 5.95 Å². The maximum atomic E-state index is 12.5. The van der Waals surface area contributed by atoms with Gasteiger partial charge in [-0.15, -0.1) is 0 Å². The number of nitrogens with one attached hydrogen (secondary N) is 3. The van der Waals surface area contributed by atoms with Crippen molar-refractivity contribution in [3.8, 4) is 11.5 Å². The SMILES string of the molecule is CC(=O)c1ccc(NC(=O)N[C@H]2CO[C@H]3[C@@H]2OC[C@@H]3Nc2nccc(-c3ccco3)n2)cc1. The number of aromatic nitrogens is 2. The largest absolute Gasteiger partial charge is 0.463 e. The fourth-order valence-corrected chi connectivity index (χ4v) is 4.03. The van der Waals surface area contributed by atoms with Gasteiger partial charge in [-0.2, -0.15) is 0 Å². The Morgan fingerprint density at radius 1 is 1.00 bits per heavy atom. The number of urea groups is 1. The van der Waals surface area contributed by atoms with Gasteiger partial charge in [-0.25, -0.2) is 14.8 Å². The first-order valence-corrected chi connectivity index (χ1v) is 10.6. The second kappa shape index (κ2) is 9.00. The van der Waals surface area contributed by atoms with E-state index in [9.17, 15) is 9.59 Å². The van der Waals surface area contributed by atoms with Gasteiger partial charge in [0.1, 0.15) is 17.9 Å². The molecule has 0 unspecified atom stereocenters. The molecule has 2 saturated heterocycles. The van der Waals surface area contributed by atoms with Crippen molar-refractivity contribution in [3.63, 3.8) is 0 Å². The highest BCUT2D eigenvalue weighted by atomic mass is 16.6. The molecule has 0 aliphatic carbocycles. The van der Waals surface area contributed by atoms with E-state index in [4.69, 9.17) is 13.9 Å². The Hall–Kier alpha value is -3.76. The molecule has 10 nitrogen and oxygen atoms in total. The van der Waals surface area contributed by atoms with Crippen molar-refractivity contribution in [1.82, 2.24) is 15.3 Å². The molecule has 2 aliphatic heterocycles. The average molecular weight is 449 g/mol.